The molecular formula is C9H10BNO2. The minimum absolute atomic E-state index is 0.160. The largest absolute Gasteiger partial charge is 0.394 e. The fraction of sp³-hybridized carbons (Fsp3) is 0.222. The van der Waals surface area contributed by atoms with Gasteiger partial charge in [-0.25, -0.2) is 0 Å². The highest BCUT2D eigenvalue weighted by atomic mass is 16.3. The lowest BCUT2D eigenvalue weighted by Crippen LogP contribution is -2.29. The third kappa shape index (κ3) is 2.91. The lowest BCUT2D eigenvalue weighted by atomic mass is 10.0. The minimum Gasteiger partial charge on any atom is -0.394 e. The molecule has 2 N–H and O–H groups in total. The van der Waals surface area contributed by atoms with Crippen LogP contribution in [0.5, 0.6) is 0 Å². The first-order valence-corrected chi connectivity index (χ1v) is 3.96. The number of amides is 1. The molecule has 3 nitrogen and oxygen atoms in total. The predicted molar refractivity (Wildman–Crippen MR) is 50.6 cm³/mol. The number of aliphatic hydroxyl groups is 1. The van der Waals surface area contributed by atoms with Crippen molar-refractivity contribution in [2.24, 2.45) is 0 Å². The van der Waals surface area contributed by atoms with Gasteiger partial charge < -0.3 is 10.4 Å². The molecule has 0 aliphatic carbocycles. The summed E-state index contributed by atoms with van der Waals surface area (Å²) in [6.45, 7) is -0.160. The Balaban J connectivity index is 2.73. The van der Waals surface area contributed by atoms with E-state index in [4.69, 9.17) is 13.0 Å². The van der Waals surface area contributed by atoms with Gasteiger partial charge in [0.1, 0.15) is 0 Å². The topological polar surface area (TPSA) is 49.3 Å². The van der Waals surface area contributed by atoms with Crippen molar-refractivity contribution in [3.63, 3.8) is 0 Å². The van der Waals surface area contributed by atoms with Crippen LogP contribution < -0.4 is 5.32 Å². The SMILES string of the molecule is [B]C(=O)N[C@H](CO)c1ccccc1. The summed E-state index contributed by atoms with van der Waals surface area (Å²) in [5.41, 5.74) is 0.837. The van der Waals surface area contributed by atoms with E-state index in [0.29, 0.717) is 0 Å². The number of aliphatic hydroxyl groups excluding tert-OH is 1. The summed E-state index contributed by atoms with van der Waals surface area (Å²) in [5.74, 6) is -0.636. The Morgan fingerprint density at radius 3 is 2.54 bits per heavy atom. The van der Waals surface area contributed by atoms with Gasteiger partial charge >= 0.3 is 0 Å². The van der Waals surface area contributed by atoms with E-state index in [1.54, 1.807) is 0 Å². The van der Waals surface area contributed by atoms with Crippen molar-refractivity contribution in [3.05, 3.63) is 35.9 Å². The van der Waals surface area contributed by atoms with E-state index in [2.05, 4.69) is 5.32 Å². The van der Waals surface area contributed by atoms with Gasteiger partial charge in [0.25, 0.3) is 0 Å². The van der Waals surface area contributed by atoms with Crippen molar-refractivity contribution < 1.29 is 9.90 Å². The molecular weight excluding hydrogens is 165 g/mol. The van der Waals surface area contributed by atoms with Gasteiger partial charge in [0, 0.05) is 0 Å². The molecule has 1 amide bonds. The first kappa shape index (κ1) is 9.80. The maximum Gasteiger partial charge on any atom is 0.200 e. The Morgan fingerprint density at radius 2 is 2.08 bits per heavy atom. The minimum atomic E-state index is -0.636. The highest BCUT2D eigenvalue weighted by Gasteiger charge is 2.09. The molecule has 1 rings (SSSR count). The number of rotatable bonds is 3. The zero-order valence-corrected chi connectivity index (χ0v) is 7.10. The zero-order valence-electron chi connectivity index (χ0n) is 7.10. The van der Waals surface area contributed by atoms with Crippen LogP contribution in [-0.2, 0) is 0 Å². The normalized spacial score (nSPS) is 12.1. The molecule has 0 spiro atoms. The molecule has 0 saturated carbocycles. The van der Waals surface area contributed by atoms with Crippen molar-refractivity contribution in [2.45, 2.75) is 6.04 Å². The molecule has 0 saturated heterocycles. The predicted octanol–water partition coefficient (Wildman–Crippen LogP) is 0.598. The van der Waals surface area contributed by atoms with E-state index in [-0.39, 0.29) is 6.61 Å². The Hall–Kier alpha value is -1.29. The van der Waals surface area contributed by atoms with Crippen molar-refractivity contribution in [1.29, 1.82) is 0 Å². The van der Waals surface area contributed by atoms with Crippen LogP contribution in [0.2, 0.25) is 0 Å². The van der Waals surface area contributed by atoms with Gasteiger partial charge in [-0.1, -0.05) is 30.3 Å². The van der Waals surface area contributed by atoms with Crippen LogP contribution in [0.3, 0.4) is 0 Å². The van der Waals surface area contributed by atoms with Crippen molar-refractivity contribution in [3.8, 4) is 0 Å². The van der Waals surface area contributed by atoms with Gasteiger partial charge in [-0.2, -0.15) is 0 Å². The van der Waals surface area contributed by atoms with Gasteiger partial charge in [0.15, 0.2) is 5.81 Å². The van der Waals surface area contributed by atoms with Gasteiger partial charge in [-0.15, -0.1) is 0 Å². The van der Waals surface area contributed by atoms with Crippen molar-refractivity contribution in [1.82, 2.24) is 5.32 Å². The number of hydrogen-bond acceptors (Lipinski definition) is 2. The number of benzene rings is 1. The Labute approximate surface area is 78.2 Å². The molecule has 0 bridgehead atoms. The van der Waals surface area contributed by atoms with Gasteiger partial charge in [0.05, 0.1) is 12.6 Å². The molecule has 0 aliphatic heterocycles. The van der Waals surface area contributed by atoms with Gasteiger partial charge in [0.2, 0.25) is 7.85 Å². The molecule has 66 valence electrons. The molecule has 0 unspecified atom stereocenters. The molecule has 4 heteroatoms. The standard InChI is InChI=1S/C9H10BNO2/c10-9(13)11-8(6-12)7-4-2-1-3-5-7/h1-5,8,12H,6H2,(H,11,13)/t8-/m1/s1. The first-order valence-electron chi connectivity index (χ1n) is 3.96. The fourth-order valence-corrected chi connectivity index (χ4v) is 1.09. The zero-order chi connectivity index (χ0) is 9.68. The number of carbonyl (C=O) groups is 1. The number of hydrogen-bond donors (Lipinski definition) is 2. The Bertz CT molecular complexity index is 276. The maximum atomic E-state index is 10.5. The van der Waals surface area contributed by atoms with Crippen LogP contribution in [0.15, 0.2) is 30.3 Å². The molecule has 0 heterocycles. The molecule has 0 aliphatic rings. The summed E-state index contributed by atoms with van der Waals surface area (Å²) >= 11 is 0. The van der Waals surface area contributed by atoms with Gasteiger partial charge in [-0.05, 0) is 5.56 Å². The van der Waals surface area contributed by atoms with E-state index in [9.17, 15) is 4.79 Å². The number of carbonyl (C=O) groups excluding carboxylic acids is 1. The summed E-state index contributed by atoms with van der Waals surface area (Å²) in [4.78, 5) is 10.5. The third-order valence-electron chi connectivity index (χ3n) is 1.70. The lowest BCUT2D eigenvalue weighted by Gasteiger charge is -2.15. The average molecular weight is 175 g/mol. The highest BCUT2D eigenvalue weighted by molar-refractivity contribution is 6.57. The molecule has 2 radical (unpaired) electrons. The average Bonchev–Trinajstić information content (AvgIpc) is 2.15. The second-order valence-electron chi connectivity index (χ2n) is 2.65. The van der Waals surface area contributed by atoms with Crippen LogP contribution >= 0.6 is 0 Å². The second kappa shape index (κ2) is 4.67. The maximum absolute atomic E-state index is 10.5. The van der Waals surface area contributed by atoms with E-state index < -0.39 is 11.8 Å². The quantitative estimate of drug-likeness (QED) is 0.660. The summed E-state index contributed by atoms with van der Waals surface area (Å²) in [6, 6.07) is 8.75. The molecule has 0 fully saturated rings. The highest BCUT2D eigenvalue weighted by Crippen LogP contribution is 2.10. The molecule has 13 heavy (non-hydrogen) atoms. The fourth-order valence-electron chi connectivity index (χ4n) is 1.09. The van der Waals surface area contributed by atoms with Crippen molar-refractivity contribution in [2.75, 3.05) is 6.61 Å². The Morgan fingerprint density at radius 1 is 1.46 bits per heavy atom. The third-order valence-corrected chi connectivity index (χ3v) is 1.70. The number of nitrogens with one attached hydrogen (secondary N) is 1. The molecule has 1 atom stereocenters. The van der Waals surface area contributed by atoms with E-state index in [1.807, 2.05) is 30.3 Å². The van der Waals surface area contributed by atoms with Crippen LogP contribution in [0, 0.1) is 0 Å². The van der Waals surface area contributed by atoms with Gasteiger partial charge in [-0.3, -0.25) is 4.79 Å². The van der Waals surface area contributed by atoms with E-state index in [0.717, 1.165) is 5.56 Å². The second-order valence-corrected chi connectivity index (χ2v) is 2.65. The summed E-state index contributed by atoms with van der Waals surface area (Å²) in [6.07, 6.45) is 0. The first-order chi connectivity index (χ1) is 6.24. The molecule has 1 aromatic rings. The van der Waals surface area contributed by atoms with Crippen molar-refractivity contribution >= 4 is 13.7 Å². The van der Waals surface area contributed by atoms with E-state index in [1.165, 1.54) is 0 Å². The monoisotopic (exact) mass is 175 g/mol. The van der Waals surface area contributed by atoms with E-state index >= 15 is 0 Å². The smallest absolute Gasteiger partial charge is 0.200 e. The van der Waals surface area contributed by atoms with Crippen LogP contribution in [0.25, 0.3) is 0 Å². The van der Waals surface area contributed by atoms with Crippen LogP contribution in [0.1, 0.15) is 11.6 Å². The van der Waals surface area contributed by atoms with Crippen LogP contribution in [-0.4, -0.2) is 25.4 Å². The molecule has 1 aromatic carbocycles. The molecule has 0 aromatic heterocycles. The summed E-state index contributed by atoms with van der Waals surface area (Å²) in [7, 11) is 4.95. The van der Waals surface area contributed by atoms with Crippen LogP contribution in [0.4, 0.5) is 4.79 Å². The summed E-state index contributed by atoms with van der Waals surface area (Å²) < 4.78 is 0. The summed E-state index contributed by atoms with van der Waals surface area (Å²) in [5, 5.41) is 11.4. The Kier molecular flexibility index (Phi) is 3.52. The lowest BCUT2D eigenvalue weighted by molar-refractivity contribution is 0.231.